The van der Waals surface area contributed by atoms with Crippen molar-refractivity contribution in [3.05, 3.63) is 105 Å². The van der Waals surface area contributed by atoms with Gasteiger partial charge < -0.3 is 19.6 Å². The Balaban J connectivity index is 1.73. The summed E-state index contributed by atoms with van der Waals surface area (Å²) in [6.07, 6.45) is -3.63. The van der Waals surface area contributed by atoms with Crippen LogP contribution in [0.3, 0.4) is 0 Å². The van der Waals surface area contributed by atoms with Crippen LogP contribution < -0.4 is 10.3 Å². The van der Waals surface area contributed by atoms with Gasteiger partial charge in [0.2, 0.25) is 5.56 Å². The van der Waals surface area contributed by atoms with Gasteiger partial charge in [-0.3, -0.25) is 9.78 Å². The van der Waals surface area contributed by atoms with Crippen LogP contribution in [-0.4, -0.2) is 33.3 Å². The van der Waals surface area contributed by atoms with E-state index in [2.05, 4.69) is 4.98 Å². The summed E-state index contributed by atoms with van der Waals surface area (Å²) in [5.74, 6) is -0.567. The van der Waals surface area contributed by atoms with Crippen molar-refractivity contribution in [3.8, 4) is 16.9 Å². The zero-order valence-electron chi connectivity index (χ0n) is 25.1. The molecule has 0 spiro atoms. The van der Waals surface area contributed by atoms with Crippen molar-refractivity contribution in [3.63, 3.8) is 0 Å². The second-order valence-corrected chi connectivity index (χ2v) is 12.2. The van der Waals surface area contributed by atoms with Crippen LogP contribution in [0.4, 0.5) is 13.2 Å². The van der Waals surface area contributed by atoms with Gasteiger partial charge in [0.25, 0.3) is 0 Å². The Morgan fingerprint density at radius 3 is 2.60 bits per heavy atom. The Labute approximate surface area is 256 Å². The number of carboxylic acids is 1. The molecule has 0 aliphatic carbocycles. The van der Waals surface area contributed by atoms with Crippen molar-refractivity contribution in [1.82, 2.24) is 9.97 Å². The van der Waals surface area contributed by atoms with E-state index in [0.717, 1.165) is 23.1 Å². The molecule has 7 nitrogen and oxygen atoms in total. The number of fused-ring (bicyclic) bond motifs is 1. The lowest BCUT2D eigenvalue weighted by Crippen LogP contribution is -2.28. The Morgan fingerprint density at radius 1 is 1.11 bits per heavy atom. The van der Waals surface area contributed by atoms with Crippen LogP contribution in [0, 0.1) is 6.92 Å². The first-order valence-corrected chi connectivity index (χ1v) is 14.5. The van der Waals surface area contributed by atoms with Crippen LogP contribution in [0.2, 0.25) is 0 Å². The lowest BCUT2D eigenvalue weighted by Gasteiger charge is -2.30. The zero-order valence-corrected chi connectivity index (χ0v) is 25.1. The van der Waals surface area contributed by atoms with Gasteiger partial charge in [-0.15, -0.1) is 0 Å². The molecule has 0 saturated heterocycles. The lowest BCUT2D eigenvalue weighted by molar-refractivity contribution is -0.160. The molecule has 10 heteroatoms. The van der Waals surface area contributed by atoms with E-state index in [1.54, 1.807) is 46.0 Å². The minimum atomic E-state index is -4.54. The highest BCUT2D eigenvalue weighted by Crippen LogP contribution is 2.46. The second kappa shape index (κ2) is 11.0. The van der Waals surface area contributed by atoms with Gasteiger partial charge in [-0.05, 0) is 92.3 Å². The van der Waals surface area contributed by atoms with E-state index in [4.69, 9.17) is 14.5 Å². The first-order chi connectivity index (χ1) is 21.2. The molecule has 6 rings (SSSR count). The minimum absolute atomic E-state index is 0.00271. The number of benzene rings is 3. The van der Waals surface area contributed by atoms with Crippen LogP contribution in [0.15, 0.2) is 65.6 Å². The number of hydrogen-bond acceptors (Lipinski definition) is 5. The number of pyridine rings is 2. The molecule has 1 aliphatic heterocycles. The fourth-order valence-electron chi connectivity index (χ4n) is 6.19. The van der Waals surface area contributed by atoms with Crippen LogP contribution in [0.1, 0.15) is 60.3 Å². The number of nitrogens with zero attached hydrogens (tertiary/aromatic N) is 1. The summed E-state index contributed by atoms with van der Waals surface area (Å²) in [5.41, 5.74) is 2.72. The summed E-state index contributed by atoms with van der Waals surface area (Å²) < 4.78 is 53.0. The van der Waals surface area contributed by atoms with E-state index in [9.17, 15) is 27.9 Å². The Kier molecular flexibility index (Phi) is 7.43. The summed E-state index contributed by atoms with van der Waals surface area (Å²) in [6, 6.07) is 13.5. The maximum absolute atomic E-state index is 13.6. The lowest BCUT2D eigenvalue weighted by atomic mass is 9.83. The number of aliphatic carboxylic acids is 1. The number of hydrogen-bond donors (Lipinski definition) is 2. The number of H-pyrrole nitrogens is 1. The number of carboxylic acid groups (broad SMARTS) is 1. The average molecular weight is 617 g/mol. The van der Waals surface area contributed by atoms with E-state index < -0.39 is 35.0 Å². The van der Waals surface area contributed by atoms with E-state index >= 15 is 0 Å². The predicted octanol–water partition coefficient (Wildman–Crippen LogP) is 7.54. The average Bonchev–Trinajstić information content (AvgIpc) is 2.97. The van der Waals surface area contributed by atoms with Gasteiger partial charge in [0.1, 0.15) is 5.75 Å². The van der Waals surface area contributed by atoms with Crippen molar-refractivity contribution >= 4 is 27.8 Å². The summed E-state index contributed by atoms with van der Waals surface area (Å²) in [6.45, 7) is 7.49. The minimum Gasteiger partial charge on any atom is -0.493 e. The number of aromatic nitrogens is 2. The van der Waals surface area contributed by atoms with Crippen LogP contribution in [0.25, 0.3) is 32.9 Å². The number of aromatic amines is 1. The summed E-state index contributed by atoms with van der Waals surface area (Å²) in [5, 5.41) is 11.9. The van der Waals surface area contributed by atoms with Crippen molar-refractivity contribution in [2.24, 2.45) is 0 Å². The third kappa shape index (κ3) is 5.66. The highest BCUT2D eigenvalue weighted by Gasteiger charge is 2.35. The highest BCUT2D eigenvalue weighted by molar-refractivity contribution is 6.09. The predicted molar refractivity (Wildman–Crippen MR) is 165 cm³/mol. The quantitative estimate of drug-likeness (QED) is 0.205. The van der Waals surface area contributed by atoms with Gasteiger partial charge >= 0.3 is 12.1 Å². The third-order valence-electron chi connectivity index (χ3n) is 8.05. The Morgan fingerprint density at radius 2 is 1.89 bits per heavy atom. The van der Waals surface area contributed by atoms with Crippen molar-refractivity contribution < 1.29 is 32.5 Å². The van der Waals surface area contributed by atoms with E-state index in [-0.39, 0.29) is 6.42 Å². The summed E-state index contributed by atoms with van der Waals surface area (Å²) in [4.78, 5) is 33.4. The number of halogens is 3. The van der Waals surface area contributed by atoms with Gasteiger partial charge in [0.15, 0.2) is 6.10 Å². The SMILES string of the molecule is Cc1c([C@H](OC(C)(C)C)C(=O)O)c(-c2ccc3c4c(ccnc24)CCO3)c2ccc(=O)[nH]c2c1Cc1cccc(C(F)(F)F)c1. The molecule has 3 heterocycles. The molecule has 2 aromatic heterocycles. The highest BCUT2D eigenvalue weighted by atomic mass is 19.4. The van der Waals surface area contributed by atoms with Crippen LogP contribution in [0.5, 0.6) is 5.75 Å². The summed E-state index contributed by atoms with van der Waals surface area (Å²) >= 11 is 0. The van der Waals surface area contributed by atoms with Gasteiger partial charge in [-0.2, -0.15) is 13.2 Å². The number of ether oxygens (including phenoxy) is 2. The zero-order chi connectivity index (χ0) is 32.3. The van der Waals surface area contributed by atoms with Crippen molar-refractivity contribution in [1.29, 1.82) is 0 Å². The van der Waals surface area contributed by atoms with E-state index in [1.165, 1.54) is 12.1 Å². The number of rotatable bonds is 6. The molecular weight excluding hydrogens is 585 g/mol. The van der Waals surface area contributed by atoms with Crippen LogP contribution >= 0.6 is 0 Å². The smallest absolute Gasteiger partial charge is 0.416 e. The molecule has 1 aliphatic rings. The second-order valence-electron chi connectivity index (χ2n) is 12.2. The third-order valence-corrected chi connectivity index (χ3v) is 8.05. The molecule has 0 bridgehead atoms. The first kappa shape index (κ1) is 30.3. The Hall–Kier alpha value is -4.70. The normalized spacial score (nSPS) is 14.0. The topological polar surface area (TPSA) is 102 Å². The molecule has 0 saturated carbocycles. The van der Waals surface area contributed by atoms with Gasteiger partial charge in [0, 0.05) is 40.6 Å². The fraction of sp³-hybridized carbons (Fsp3) is 0.286. The molecule has 5 aromatic rings. The van der Waals surface area contributed by atoms with Gasteiger partial charge in [-0.25, -0.2) is 4.79 Å². The largest absolute Gasteiger partial charge is 0.493 e. The fourth-order valence-corrected chi connectivity index (χ4v) is 6.19. The van der Waals surface area contributed by atoms with Crippen molar-refractivity contribution in [2.75, 3.05) is 6.61 Å². The number of carbonyl (C=O) groups is 1. The van der Waals surface area contributed by atoms with E-state index in [0.29, 0.717) is 68.6 Å². The molecule has 0 amide bonds. The molecule has 0 unspecified atom stereocenters. The van der Waals surface area contributed by atoms with Crippen molar-refractivity contribution in [2.45, 2.75) is 58.4 Å². The molecule has 45 heavy (non-hydrogen) atoms. The standard InChI is InChI=1S/C35H31F3N2O5/c1-18-24(17-19-6-5-7-21(16-19)35(36,37)38)30-22(9-11-26(41)40-30)29(27(18)32(33(42)43)45-34(2,3)4)23-8-10-25-28-20(13-15-44-25)12-14-39-31(23)28/h5-12,14,16,32H,13,15,17H2,1-4H3,(H,40,41)(H,42,43)/t32-/m0/s1. The Bertz CT molecular complexity index is 2030. The monoisotopic (exact) mass is 616 g/mol. The molecule has 2 N–H and O–H groups in total. The molecule has 0 fully saturated rings. The molecule has 0 radical (unpaired) electrons. The number of nitrogens with one attached hydrogen (secondary N) is 1. The molecule has 1 atom stereocenters. The van der Waals surface area contributed by atoms with E-state index in [1.807, 2.05) is 18.2 Å². The molecular formula is C35H31F3N2O5. The maximum atomic E-state index is 13.6. The number of alkyl halides is 3. The molecule has 3 aromatic carbocycles. The van der Waals surface area contributed by atoms with Gasteiger partial charge in [0.05, 0.1) is 28.8 Å². The van der Waals surface area contributed by atoms with Gasteiger partial charge in [-0.1, -0.05) is 18.2 Å². The summed E-state index contributed by atoms with van der Waals surface area (Å²) in [7, 11) is 0. The molecule has 232 valence electrons. The maximum Gasteiger partial charge on any atom is 0.416 e. The first-order valence-electron chi connectivity index (χ1n) is 14.5. The van der Waals surface area contributed by atoms with Crippen LogP contribution in [-0.2, 0) is 28.5 Å².